The molecule has 0 unspecified atom stereocenters. The molecule has 142 valence electrons. The molecule has 5 nitrogen and oxygen atoms in total. The summed E-state index contributed by atoms with van der Waals surface area (Å²) in [5, 5.41) is 0. The van der Waals surface area contributed by atoms with Gasteiger partial charge < -0.3 is 9.64 Å². The van der Waals surface area contributed by atoms with Crippen LogP contribution in [0.15, 0.2) is 42.5 Å². The number of ether oxygens (including phenoxy) is 1. The van der Waals surface area contributed by atoms with E-state index < -0.39 is 10.8 Å². The first-order valence-corrected chi connectivity index (χ1v) is 10.4. The number of carbonyl (C=O) groups is 3. The average Bonchev–Trinajstić information content (AvgIpc) is 3.39. The van der Waals surface area contributed by atoms with Crippen LogP contribution in [0.4, 0.5) is 0 Å². The molecule has 2 aromatic carbocycles. The lowest BCUT2D eigenvalue weighted by molar-refractivity contribution is -0.152. The molecule has 0 spiro atoms. The highest BCUT2D eigenvalue weighted by Crippen LogP contribution is 2.45. The number of thioether (sulfide) groups is 1. The standard InChI is InChI=1S/C22H19NO4S/c24-19(13-27-21(26)22-8-7-20(25)23(22)9-10-28-22)16-6-5-15-11-14-3-1-2-4-17(14)18(15)12-16/h1-6,12H,7-11,13H2/t22-/m1/s1. The summed E-state index contributed by atoms with van der Waals surface area (Å²) in [4.78, 5) is 38.0. The number of rotatable bonds is 4. The van der Waals surface area contributed by atoms with Gasteiger partial charge in [0.25, 0.3) is 0 Å². The lowest BCUT2D eigenvalue weighted by Gasteiger charge is -2.28. The van der Waals surface area contributed by atoms with Crippen LogP contribution in [-0.4, -0.2) is 46.3 Å². The van der Waals surface area contributed by atoms with Crippen LogP contribution in [0.3, 0.4) is 0 Å². The largest absolute Gasteiger partial charge is 0.455 e. The number of hydrogen-bond donors (Lipinski definition) is 0. The smallest absolute Gasteiger partial charge is 0.343 e. The van der Waals surface area contributed by atoms with Crippen molar-refractivity contribution >= 4 is 29.4 Å². The molecule has 2 heterocycles. The number of hydrogen-bond acceptors (Lipinski definition) is 5. The van der Waals surface area contributed by atoms with Gasteiger partial charge in [0.1, 0.15) is 0 Å². The van der Waals surface area contributed by atoms with Gasteiger partial charge in [-0.1, -0.05) is 36.4 Å². The van der Waals surface area contributed by atoms with Crippen molar-refractivity contribution in [2.24, 2.45) is 0 Å². The number of esters is 1. The molecule has 5 rings (SSSR count). The molecular formula is C22H19NO4S. The highest BCUT2D eigenvalue weighted by molar-refractivity contribution is 8.01. The molecule has 1 aliphatic carbocycles. The molecule has 2 aromatic rings. The van der Waals surface area contributed by atoms with Crippen LogP contribution >= 0.6 is 11.8 Å². The maximum atomic E-state index is 12.7. The molecule has 0 aromatic heterocycles. The predicted molar refractivity (Wildman–Crippen MR) is 106 cm³/mol. The Hall–Kier alpha value is -2.60. The number of ketones is 1. The second-order valence-electron chi connectivity index (χ2n) is 7.38. The Morgan fingerprint density at radius 2 is 1.93 bits per heavy atom. The summed E-state index contributed by atoms with van der Waals surface area (Å²) >= 11 is 1.45. The summed E-state index contributed by atoms with van der Waals surface area (Å²) in [6.45, 7) is 0.264. The fraction of sp³-hybridized carbons (Fsp3) is 0.318. The number of nitrogens with zero attached hydrogens (tertiary/aromatic N) is 1. The summed E-state index contributed by atoms with van der Waals surface area (Å²) in [7, 11) is 0. The topological polar surface area (TPSA) is 63.7 Å². The first kappa shape index (κ1) is 17.5. The molecule has 0 N–H and O–H groups in total. The van der Waals surface area contributed by atoms with Crippen LogP contribution in [0.2, 0.25) is 0 Å². The Kier molecular flexibility index (Phi) is 4.05. The van der Waals surface area contributed by atoms with Gasteiger partial charge in [0.2, 0.25) is 5.91 Å². The zero-order valence-electron chi connectivity index (χ0n) is 15.3. The maximum Gasteiger partial charge on any atom is 0.343 e. The molecule has 2 fully saturated rings. The molecule has 0 radical (unpaired) electrons. The Bertz CT molecular complexity index is 1020. The highest BCUT2D eigenvalue weighted by Gasteiger charge is 2.56. The molecule has 6 heteroatoms. The zero-order valence-corrected chi connectivity index (χ0v) is 16.1. The average molecular weight is 393 g/mol. The fourth-order valence-corrected chi connectivity index (χ4v) is 5.79. The Morgan fingerprint density at radius 1 is 1.11 bits per heavy atom. The van der Waals surface area contributed by atoms with Gasteiger partial charge in [-0.15, -0.1) is 11.8 Å². The summed E-state index contributed by atoms with van der Waals surface area (Å²) in [6.07, 6.45) is 1.69. The first-order chi connectivity index (χ1) is 13.6. The molecule has 1 amide bonds. The van der Waals surface area contributed by atoms with Gasteiger partial charge in [-0.2, -0.15) is 0 Å². The lowest BCUT2D eigenvalue weighted by atomic mass is 10.0. The van der Waals surface area contributed by atoms with Crippen LogP contribution in [-0.2, 0) is 20.7 Å². The Morgan fingerprint density at radius 3 is 2.82 bits per heavy atom. The maximum absolute atomic E-state index is 12.7. The van der Waals surface area contributed by atoms with E-state index in [1.807, 2.05) is 24.3 Å². The van der Waals surface area contributed by atoms with Crippen molar-refractivity contribution in [3.63, 3.8) is 0 Å². The van der Waals surface area contributed by atoms with Crippen molar-refractivity contribution in [1.82, 2.24) is 4.90 Å². The molecule has 0 bridgehead atoms. The van der Waals surface area contributed by atoms with Gasteiger partial charge in [0, 0.05) is 24.3 Å². The molecule has 3 aliphatic rings. The molecular weight excluding hydrogens is 374 g/mol. The SMILES string of the molecule is O=C(COC(=O)[C@]12CCC(=O)N1CCS2)c1ccc2c(c1)-c1ccccc1C2. The summed E-state index contributed by atoms with van der Waals surface area (Å²) < 4.78 is 5.38. The van der Waals surface area contributed by atoms with Gasteiger partial charge >= 0.3 is 5.97 Å². The minimum Gasteiger partial charge on any atom is -0.455 e. The van der Waals surface area contributed by atoms with Gasteiger partial charge in [0.05, 0.1) is 0 Å². The third kappa shape index (κ3) is 2.58. The normalized spacial score (nSPS) is 22.0. The van der Waals surface area contributed by atoms with Crippen molar-refractivity contribution < 1.29 is 19.1 Å². The first-order valence-electron chi connectivity index (χ1n) is 9.44. The van der Waals surface area contributed by atoms with Crippen molar-refractivity contribution in [1.29, 1.82) is 0 Å². The number of Topliss-reactive ketones (excluding diaryl/α,β-unsaturated/α-hetero) is 1. The van der Waals surface area contributed by atoms with Gasteiger partial charge in [-0.25, -0.2) is 4.79 Å². The van der Waals surface area contributed by atoms with Crippen LogP contribution in [0.1, 0.15) is 34.3 Å². The molecule has 2 saturated heterocycles. The minimum atomic E-state index is -0.922. The molecule has 0 saturated carbocycles. The van der Waals surface area contributed by atoms with E-state index in [1.54, 1.807) is 11.0 Å². The summed E-state index contributed by atoms with van der Waals surface area (Å²) in [5.74, 6) is 0.0148. The fourth-order valence-electron chi connectivity index (χ4n) is 4.40. The molecule has 1 atom stereocenters. The quantitative estimate of drug-likeness (QED) is 0.504. The van der Waals surface area contributed by atoms with E-state index in [4.69, 9.17) is 4.74 Å². The van der Waals surface area contributed by atoms with Crippen molar-refractivity contribution in [3.05, 3.63) is 59.2 Å². The molecule has 2 aliphatic heterocycles. The van der Waals surface area contributed by atoms with Crippen LogP contribution in [0.5, 0.6) is 0 Å². The van der Waals surface area contributed by atoms with Crippen LogP contribution in [0.25, 0.3) is 11.1 Å². The second-order valence-corrected chi connectivity index (χ2v) is 8.76. The van der Waals surface area contributed by atoms with E-state index in [0.29, 0.717) is 24.9 Å². The second kappa shape index (κ2) is 6.48. The van der Waals surface area contributed by atoms with Crippen LogP contribution in [0, 0.1) is 0 Å². The van der Waals surface area contributed by atoms with E-state index in [-0.39, 0.29) is 18.3 Å². The number of benzene rings is 2. The third-order valence-electron chi connectivity index (χ3n) is 5.84. The van der Waals surface area contributed by atoms with E-state index in [2.05, 4.69) is 12.1 Å². The van der Waals surface area contributed by atoms with E-state index in [9.17, 15) is 14.4 Å². The Labute approximate surface area is 167 Å². The van der Waals surface area contributed by atoms with E-state index >= 15 is 0 Å². The monoisotopic (exact) mass is 393 g/mol. The number of amides is 1. The number of fused-ring (bicyclic) bond motifs is 4. The van der Waals surface area contributed by atoms with Gasteiger partial charge in [-0.05, 0) is 41.2 Å². The molecule has 28 heavy (non-hydrogen) atoms. The third-order valence-corrected chi connectivity index (χ3v) is 7.30. The van der Waals surface area contributed by atoms with Crippen molar-refractivity contribution in [3.8, 4) is 11.1 Å². The van der Waals surface area contributed by atoms with Crippen molar-refractivity contribution in [2.45, 2.75) is 24.1 Å². The van der Waals surface area contributed by atoms with Crippen molar-refractivity contribution in [2.75, 3.05) is 18.9 Å². The number of carbonyl (C=O) groups excluding carboxylic acids is 3. The van der Waals surface area contributed by atoms with Gasteiger partial charge in [0.15, 0.2) is 17.3 Å². The van der Waals surface area contributed by atoms with Gasteiger partial charge in [-0.3, -0.25) is 9.59 Å². The Balaban J connectivity index is 1.31. The highest BCUT2D eigenvalue weighted by atomic mass is 32.2. The van der Waals surface area contributed by atoms with Crippen LogP contribution < -0.4 is 0 Å². The summed E-state index contributed by atoms with van der Waals surface area (Å²) in [6, 6.07) is 13.9. The lowest BCUT2D eigenvalue weighted by Crippen LogP contribution is -2.46. The summed E-state index contributed by atoms with van der Waals surface area (Å²) in [5.41, 5.74) is 5.24. The zero-order chi connectivity index (χ0) is 19.3. The van der Waals surface area contributed by atoms with E-state index in [1.165, 1.54) is 22.9 Å². The predicted octanol–water partition coefficient (Wildman–Crippen LogP) is 3.05. The minimum absolute atomic E-state index is 0.00874. The van der Waals surface area contributed by atoms with E-state index in [0.717, 1.165) is 23.3 Å².